The normalized spacial score (nSPS) is 19.4. The molecule has 1 aliphatic heterocycles. The number of hydrogen-bond acceptors (Lipinski definition) is 5. The maximum atomic E-state index is 14.6. The van der Waals surface area contributed by atoms with Crippen molar-refractivity contribution in [2.75, 3.05) is 24.6 Å². The van der Waals surface area contributed by atoms with Gasteiger partial charge in [0, 0.05) is 26.0 Å². The molecule has 1 N–H and O–H groups in total. The Kier molecular flexibility index (Phi) is 6.06. The molecule has 0 bridgehead atoms. The van der Waals surface area contributed by atoms with Crippen LogP contribution in [0.4, 0.5) is 10.2 Å². The minimum atomic E-state index is -0.361. The van der Waals surface area contributed by atoms with Crippen LogP contribution in [0.3, 0.4) is 0 Å². The van der Waals surface area contributed by atoms with Crippen molar-refractivity contribution < 1.29 is 18.7 Å². The SMILES string of the molecule is CC(=O)N[C@@H](C)c1ccc(OC2CCN(c3ncc(OCC4CC4)cc3F)C2)cc1. The Morgan fingerprint density at radius 3 is 2.70 bits per heavy atom. The van der Waals surface area contributed by atoms with Crippen LogP contribution < -0.4 is 19.7 Å². The van der Waals surface area contributed by atoms with Crippen molar-refractivity contribution in [1.82, 2.24) is 10.3 Å². The highest BCUT2D eigenvalue weighted by Gasteiger charge is 2.27. The van der Waals surface area contributed by atoms with Crippen LogP contribution in [0.15, 0.2) is 36.5 Å². The van der Waals surface area contributed by atoms with E-state index in [1.165, 1.54) is 25.8 Å². The molecule has 1 saturated heterocycles. The molecular weight excluding hydrogens is 385 g/mol. The third kappa shape index (κ3) is 5.20. The number of aromatic nitrogens is 1. The van der Waals surface area contributed by atoms with Gasteiger partial charge in [-0.15, -0.1) is 0 Å². The van der Waals surface area contributed by atoms with Gasteiger partial charge in [0.25, 0.3) is 0 Å². The zero-order chi connectivity index (χ0) is 21.1. The van der Waals surface area contributed by atoms with E-state index >= 15 is 0 Å². The standard InChI is InChI=1S/C23H28FN3O3/c1-15(26-16(2)28)18-5-7-19(8-6-18)30-20-9-10-27(13-20)23-22(24)11-21(12-25-23)29-14-17-3-4-17/h5-8,11-12,15,17,20H,3-4,9-10,13-14H2,1-2H3,(H,26,28)/t15-,20?/m0/s1. The summed E-state index contributed by atoms with van der Waals surface area (Å²) in [6.07, 6.45) is 4.76. The molecule has 1 saturated carbocycles. The Balaban J connectivity index is 1.31. The third-order valence-electron chi connectivity index (χ3n) is 5.53. The van der Waals surface area contributed by atoms with Crippen LogP contribution >= 0.6 is 0 Å². The molecule has 0 radical (unpaired) electrons. The van der Waals surface area contributed by atoms with Crippen LogP contribution in [0.5, 0.6) is 11.5 Å². The number of benzene rings is 1. The number of amides is 1. The fourth-order valence-electron chi connectivity index (χ4n) is 3.66. The maximum absolute atomic E-state index is 14.6. The van der Waals surface area contributed by atoms with Gasteiger partial charge in [0.1, 0.15) is 17.6 Å². The van der Waals surface area contributed by atoms with Gasteiger partial charge in [-0.25, -0.2) is 9.37 Å². The highest BCUT2D eigenvalue weighted by Crippen LogP contribution is 2.31. The quantitative estimate of drug-likeness (QED) is 0.712. The molecule has 4 rings (SSSR count). The van der Waals surface area contributed by atoms with E-state index < -0.39 is 0 Å². The van der Waals surface area contributed by atoms with E-state index in [4.69, 9.17) is 9.47 Å². The van der Waals surface area contributed by atoms with Crippen molar-refractivity contribution in [3.05, 3.63) is 47.9 Å². The van der Waals surface area contributed by atoms with Gasteiger partial charge in [-0.2, -0.15) is 0 Å². The molecular formula is C23H28FN3O3. The van der Waals surface area contributed by atoms with Gasteiger partial charge in [0.05, 0.1) is 25.4 Å². The third-order valence-corrected chi connectivity index (χ3v) is 5.53. The van der Waals surface area contributed by atoms with Gasteiger partial charge in [0.15, 0.2) is 11.6 Å². The van der Waals surface area contributed by atoms with E-state index in [9.17, 15) is 9.18 Å². The zero-order valence-electron chi connectivity index (χ0n) is 17.4. The number of carbonyl (C=O) groups is 1. The highest BCUT2D eigenvalue weighted by atomic mass is 19.1. The van der Waals surface area contributed by atoms with E-state index in [0.717, 1.165) is 17.7 Å². The molecule has 0 spiro atoms. The van der Waals surface area contributed by atoms with E-state index in [0.29, 0.717) is 37.2 Å². The van der Waals surface area contributed by atoms with Crippen LogP contribution in [-0.2, 0) is 4.79 Å². The molecule has 2 heterocycles. The van der Waals surface area contributed by atoms with Gasteiger partial charge in [-0.1, -0.05) is 12.1 Å². The first-order valence-electron chi connectivity index (χ1n) is 10.5. The number of nitrogens with zero attached hydrogens (tertiary/aromatic N) is 2. The number of anilines is 1. The van der Waals surface area contributed by atoms with E-state index in [1.54, 1.807) is 6.20 Å². The molecule has 1 amide bonds. The van der Waals surface area contributed by atoms with Crippen LogP contribution in [0.25, 0.3) is 0 Å². The minimum absolute atomic E-state index is 0.0318. The van der Waals surface area contributed by atoms with Crippen molar-refractivity contribution >= 4 is 11.7 Å². The van der Waals surface area contributed by atoms with Crippen LogP contribution in [0, 0.1) is 11.7 Å². The minimum Gasteiger partial charge on any atom is -0.492 e. The van der Waals surface area contributed by atoms with E-state index in [2.05, 4.69) is 10.3 Å². The first-order valence-corrected chi connectivity index (χ1v) is 10.5. The average Bonchev–Trinajstić information content (AvgIpc) is 3.44. The summed E-state index contributed by atoms with van der Waals surface area (Å²) in [6.45, 7) is 5.36. The maximum Gasteiger partial charge on any atom is 0.217 e. The van der Waals surface area contributed by atoms with Crippen LogP contribution in [-0.4, -0.2) is 36.7 Å². The number of ether oxygens (including phenoxy) is 2. The first-order chi connectivity index (χ1) is 14.5. The molecule has 7 heteroatoms. The Bertz CT molecular complexity index is 886. The van der Waals surface area contributed by atoms with Crippen molar-refractivity contribution in [2.24, 2.45) is 5.92 Å². The number of rotatable bonds is 8. The van der Waals surface area contributed by atoms with Crippen LogP contribution in [0.1, 0.15) is 44.7 Å². The summed E-state index contributed by atoms with van der Waals surface area (Å²) >= 11 is 0. The Hall–Kier alpha value is -2.83. The second kappa shape index (κ2) is 8.90. The fraction of sp³-hybridized carbons (Fsp3) is 0.478. The predicted molar refractivity (Wildman–Crippen MR) is 112 cm³/mol. The summed E-state index contributed by atoms with van der Waals surface area (Å²) in [5.41, 5.74) is 1.01. The van der Waals surface area contributed by atoms with Gasteiger partial charge in [0.2, 0.25) is 5.91 Å². The molecule has 6 nitrogen and oxygen atoms in total. The van der Waals surface area contributed by atoms with E-state index in [1.807, 2.05) is 36.1 Å². The second-order valence-electron chi connectivity index (χ2n) is 8.20. The van der Waals surface area contributed by atoms with E-state index in [-0.39, 0.29) is 23.9 Å². The largest absolute Gasteiger partial charge is 0.492 e. The highest BCUT2D eigenvalue weighted by molar-refractivity contribution is 5.73. The lowest BCUT2D eigenvalue weighted by Crippen LogP contribution is -2.26. The van der Waals surface area contributed by atoms with Gasteiger partial charge < -0.3 is 19.7 Å². The molecule has 30 heavy (non-hydrogen) atoms. The molecule has 2 aliphatic rings. The Morgan fingerprint density at radius 1 is 1.27 bits per heavy atom. The Labute approximate surface area is 176 Å². The summed E-state index contributed by atoms with van der Waals surface area (Å²) in [5.74, 6) is 1.80. The zero-order valence-corrected chi connectivity index (χ0v) is 17.4. The van der Waals surface area contributed by atoms with Gasteiger partial charge in [-0.3, -0.25) is 4.79 Å². The molecule has 1 unspecified atom stereocenters. The number of carbonyl (C=O) groups excluding carboxylic acids is 1. The second-order valence-corrected chi connectivity index (χ2v) is 8.20. The molecule has 2 aromatic rings. The predicted octanol–water partition coefficient (Wildman–Crippen LogP) is 3.86. The Morgan fingerprint density at radius 2 is 2.03 bits per heavy atom. The van der Waals surface area contributed by atoms with Gasteiger partial charge in [-0.05, 0) is 43.4 Å². The lowest BCUT2D eigenvalue weighted by atomic mass is 10.1. The summed E-state index contributed by atoms with van der Waals surface area (Å²) in [6, 6.07) is 9.08. The lowest BCUT2D eigenvalue weighted by Gasteiger charge is -2.19. The topological polar surface area (TPSA) is 63.7 Å². The fourth-order valence-corrected chi connectivity index (χ4v) is 3.66. The molecule has 1 aliphatic carbocycles. The summed E-state index contributed by atoms with van der Waals surface area (Å²) in [5, 5.41) is 2.86. The summed E-state index contributed by atoms with van der Waals surface area (Å²) < 4.78 is 26.2. The summed E-state index contributed by atoms with van der Waals surface area (Å²) in [7, 11) is 0. The number of pyridine rings is 1. The van der Waals surface area contributed by atoms with Crippen molar-refractivity contribution in [1.29, 1.82) is 0 Å². The molecule has 2 fully saturated rings. The molecule has 2 atom stereocenters. The van der Waals surface area contributed by atoms with Crippen LogP contribution in [0.2, 0.25) is 0 Å². The number of halogens is 1. The first kappa shape index (κ1) is 20.4. The molecule has 1 aromatic carbocycles. The van der Waals surface area contributed by atoms with Crippen molar-refractivity contribution in [2.45, 2.75) is 45.3 Å². The van der Waals surface area contributed by atoms with Gasteiger partial charge >= 0.3 is 0 Å². The number of nitrogens with one attached hydrogen (secondary N) is 1. The lowest BCUT2D eigenvalue weighted by molar-refractivity contribution is -0.119. The number of hydrogen-bond donors (Lipinski definition) is 1. The molecule has 1 aromatic heterocycles. The smallest absolute Gasteiger partial charge is 0.217 e. The monoisotopic (exact) mass is 413 g/mol. The average molecular weight is 413 g/mol. The van der Waals surface area contributed by atoms with Crippen molar-refractivity contribution in [3.8, 4) is 11.5 Å². The van der Waals surface area contributed by atoms with Crippen molar-refractivity contribution in [3.63, 3.8) is 0 Å². The summed E-state index contributed by atoms with van der Waals surface area (Å²) in [4.78, 5) is 17.4. The molecule has 160 valence electrons.